The molecule has 0 bridgehead atoms. The number of benzene rings is 14. The highest BCUT2D eigenvalue weighted by Gasteiger charge is 2.26. The average molecular weight is 1250 g/mol. The SMILES string of the molecule is Brc1ccccc1Br.CC(C)(C)c1ccc2c3ccc(C(C)(C)C)cc3c3cc4c(cc3c2c1)c1cc2c3cc(C(C)(C)C)ccc3c3ccc(C(C)(C)C)cc3c2cc1c1cc2c3cc(C(C)(C)C)ccc3c3ccc(C(C)(C)C)cc3c2cc41. The lowest BCUT2D eigenvalue weighted by Crippen LogP contribution is -2.11. The fraction of sp³-hybridized carbons (Fsp3) is 0.286. The Bertz CT molecular complexity index is 4380. The van der Waals surface area contributed by atoms with Crippen LogP contribution in [0.4, 0.5) is 0 Å². The van der Waals surface area contributed by atoms with Crippen molar-refractivity contribution in [2.75, 3.05) is 0 Å². The Kier molecular flexibility index (Phi) is 13.4. The molecule has 0 fully saturated rings. The van der Waals surface area contributed by atoms with Crippen LogP contribution in [0.5, 0.6) is 0 Å². The van der Waals surface area contributed by atoms with Crippen LogP contribution in [-0.4, -0.2) is 0 Å². The van der Waals surface area contributed by atoms with Gasteiger partial charge in [0.05, 0.1) is 0 Å². The maximum Gasteiger partial charge on any atom is 0.0317 e. The van der Waals surface area contributed by atoms with Gasteiger partial charge in [-0.05, 0) is 312 Å². The summed E-state index contributed by atoms with van der Waals surface area (Å²) in [5, 5.41) is 31.6. The monoisotopic (exact) mass is 1250 g/mol. The third kappa shape index (κ3) is 9.76. The molecule has 0 amide bonds. The number of rotatable bonds is 0. The summed E-state index contributed by atoms with van der Waals surface area (Å²) >= 11 is 6.70. The number of fused-ring (bicyclic) bond motifs is 24. The van der Waals surface area contributed by atoms with E-state index in [0.29, 0.717) is 0 Å². The summed E-state index contributed by atoms with van der Waals surface area (Å²) in [5.41, 5.74) is 8.06. The van der Waals surface area contributed by atoms with Crippen molar-refractivity contribution in [1.29, 1.82) is 0 Å². The number of hydrogen-bond acceptors (Lipinski definition) is 0. The molecule has 0 unspecified atom stereocenters. The normalized spacial score (nSPS) is 13.3. The van der Waals surface area contributed by atoms with Crippen LogP contribution in [0.2, 0.25) is 0 Å². The molecule has 0 aromatic heterocycles. The van der Waals surface area contributed by atoms with Crippen molar-refractivity contribution in [2.45, 2.75) is 157 Å². The van der Waals surface area contributed by atoms with Gasteiger partial charge in [-0.3, -0.25) is 0 Å². The van der Waals surface area contributed by atoms with E-state index in [1.54, 1.807) is 0 Å². The number of hydrogen-bond donors (Lipinski definition) is 0. The molecule has 14 aromatic carbocycles. The van der Waals surface area contributed by atoms with Crippen LogP contribution >= 0.6 is 31.9 Å². The first-order chi connectivity index (χ1) is 40.2. The van der Waals surface area contributed by atoms with Gasteiger partial charge in [0, 0.05) is 8.95 Å². The molecule has 0 aliphatic rings. The van der Waals surface area contributed by atoms with Gasteiger partial charge in [-0.1, -0.05) is 210 Å². The summed E-state index contributed by atoms with van der Waals surface area (Å²) in [7, 11) is 0. The minimum Gasteiger partial charge on any atom is -0.0611 e. The van der Waals surface area contributed by atoms with Gasteiger partial charge in [-0.2, -0.15) is 0 Å². The van der Waals surface area contributed by atoms with Gasteiger partial charge in [-0.15, -0.1) is 0 Å². The molecule has 0 spiro atoms. The Labute approximate surface area is 526 Å². The molecule has 14 aromatic rings. The zero-order valence-electron chi connectivity index (χ0n) is 53.9. The van der Waals surface area contributed by atoms with E-state index in [0.717, 1.165) is 8.95 Å². The maximum absolute atomic E-state index is 3.35. The van der Waals surface area contributed by atoms with Crippen molar-refractivity contribution in [2.24, 2.45) is 0 Å². The smallest absolute Gasteiger partial charge is 0.0317 e. The van der Waals surface area contributed by atoms with E-state index >= 15 is 0 Å². The van der Waals surface area contributed by atoms with Crippen molar-refractivity contribution in [3.8, 4) is 0 Å². The van der Waals surface area contributed by atoms with E-state index in [4.69, 9.17) is 0 Å². The van der Waals surface area contributed by atoms with Gasteiger partial charge in [0.25, 0.3) is 0 Å². The second-order valence-corrected chi connectivity index (χ2v) is 33.0. The summed E-state index contributed by atoms with van der Waals surface area (Å²) in [6.07, 6.45) is 0. The first-order valence-electron chi connectivity index (χ1n) is 31.1. The molecule has 0 atom stereocenters. The Morgan fingerprint density at radius 2 is 0.291 bits per heavy atom. The fourth-order valence-corrected chi connectivity index (χ4v) is 14.3. The molecule has 0 saturated heterocycles. The maximum atomic E-state index is 3.35. The quantitative estimate of drug-likeness (QED) is 0.105. The topological polar surface area (TPSA) is 0 Å². The van der Waals surface area contributed by atoms with Crippen LogP contribution in [0.3, 0.4) is 0 Å². The molecule has 0 aliphatic heterocycles. The highest BCUT2D eigenvalue weighted by Crippen LogP contribution is 2.50. The summed E-state index contributed by atoms with van der Waals surface area (Å²) in [4.78, 5) is 0. The van der Waals surface area contributed by atoms with Crippen LogP contribution in [0.1, 0.15) is 158 Å². The molecular formula is C84H82Br2. The molecule has 86 heavy (non-hydrogen) atoms. The van der Waals surface area contributed by atoms with Crippen LogP contribution in [0.15, 0.2) is 179 Å². The van der Waals surface area contributed by atoms with Crippen LogP contribution in [-0.2, 0) is 32.5 Å². The second kappa shape index (κ2) is 19.8. The van der Waals surface area contributed by atoms with Gasteiger partial charge in [-0.25, -0.2) is 0 Å². The first-order valence-corrected chi connectivity index (χ1v) is 32.7. The fourth-order valence-electron chi connectivity index (χ4n) is 13.7. The van der Waals surface area contributed by atoms with Crippen LogP contribution in [0, 0.1) is 0 Å². The zero-order chi connectivity index (χ0) is 61.3. The van der Waals surface area contributed by atoms with Gasteiger partial charge < -0.3 is 0 Å². The molecule has 0 N–H and O–H groups in total. The van der Waals surface area contributed by atoms with E-state index in [-0.39, 0.29) is 32.5 Å². The highest BCUT2D eigenvalue weighted by molar-refractivity contribution is 9.13. The van der Waals surface area contributed by atoms with Crippen molar-refractivity contribution in [3.63, 3.8) is 0 Å². The Morgan fingerprint density at radius 3 is 0.407 bits per heavy atom. The van der Waals surface area contributed by atoms with E-state index in [9.17, 15) is 0 Å². The van der Waals surface area contributed by atoms with Crippen molar-refractivity contribution < 1.29 is 0 Å². The molecule has 0 nitrogen and oxygen atoms in total. The molecule has 14 rings (SSSR count). The van der Waals surface area contributed by atoms with Crippen molar-refractivity contribution in [1.82, 2.24) is 0 Å². The van der Waals surface area contributed by atoms with Gasteiger partial charge >= 0.3 is 0 Å². The summed E-state index contributed by atoms with van der Waals surface area (Å²) in [5.74, 6) is 0. The lowest BCUT2D eigenvalue weighted by Gasteiger charge is -2.24. The Morgan fingerprint density at radius 1 is 0.163 bits per heavy atom. The molecular weight excluding hydrogens is 1170 g/mol. The lowest BCUT2D eigenvalue weighted by atomic mass is 9.80. The predicted molar refractivity (Wildman–Crippen MR) is 391 cm³/mol. The highest BCUT2D eigenvalue weighted by atomic mass is 79.9. The molecule has 0 saturated carbocycles. The first kappa shape index (κ1) is 58.2. The third-order valence-electron chi connectivity index (χ3n) is 19.1. The summed E-state index contributed by atoms with van der Waals surface area (Å²) < 4.78 is 2.19. The van der Waals surface area contributed by atoms with Gasteiger partial charge in [0.15, 0.2) is 0 Å². The van der Waals surface area contributed by atoms with E-state index < -0.39 is 0 Å². The van der Waals surface area contributed by atoms with Crippen molar-refractivity contribution >= 4 is 161 Å². The molecule has 2 heteroatoms. The Hall–Kier alpha value is -6.84. The second-order valence-electron chi connectivity index (χ2n) is 31.3. The molecule has 0 heterocycles. The van der Waals surface area contributed by atoms with Gasteiger partial charge in [0.2, 0.25) is 0 Å². The summed E-state index contributed by atoms with van der Waals surface area (Å²) in [6.45, 7) is 42.3. The van der Waals surface area contributed by atoms with E-state index in [1.165, 1.54) is 163 Å². The standard InChI is InChI=1S/C78H78.C6H4Br2/c1-73(2,3)43-19-25-49-50-26-20-44(74(4,5)6)32-56(50)62-38-68-67(37-61(62)55(49)31-43)69-39-63-57-33-45(75(7,8)9)21-27-51(57)52-28-22-47(77(13,14)15)35-59(52)65(63)41-71(69)72-42-66-60-36-48(78(16,17)18)24-30-54(60)53-29-23-46(76(10,11)12)34-58(53)64(66)40-70(68)72;7-5-3-1-2-4-6(5)8/h19-42H,1-18H3;1-4H. The minimum absolute atomic E-state index is 0.0126. The molecule has 0 radical (unpaired) electrons. The third-order valence-corrected chi connectivity index (χ3v) is 21.0. The number of halogens is 2. The zero-order valence-corrected chi connectivity index (χ0v) is 57.1. The van der Waals surface area contributed by atoms with Crippen molar-refractivity contribution in [3.05, 3.63) is 212 Å². The van der Waals surface area contributed by atoms with Gasteiger partial charge in [0.1, 0.15) is 0 Å². The predicted octanol–water partition coefficient (Wildman–Crippen LogP) is 26.5. The average Bonchev–Trinajstić information content (AvgIpc) is 0.713. The Balaban J connectivity index is 0.000000795. The minimum atomic E-state index is -0.0126. The molecule has 0 aliphatic carbocycles. The van der Waals surface area contributed by atoms with E-state index in [1.807, 2.05) is 24.3 Å². The largest absolute Gasteiger partial charge is 0.0611 e. The molecule has 432 valence electrons. The lowest BCUT2D eigenvalue weighted by molar-refractivity contribution is 0.591. The van der Waals surface area contributed by atoms with Crippen LogP contribution in [0.25, 0.3) is 129 Å². The van der Waals surface area contributed by atoms with Crippen LogP contribution < -0.4 is 0 Å². The summed E-state index contributed by atoms with van der Waals surface area (Å²) in [6, 6.07) is 67.5. The van der Waals surface area contributed by atoms with E-state index in [2.05, 4.69) is 302 Å².